The lowest BCUT2D eigenvalue weighted by molar-refractivity contribution is -0.117. The second-order valence-corrected chi connectivity index (χ2v) is 8.40. The standard InChI is InChI=1S/C22H31N5O3/c1-25-22(29)27(18-7-3-4-8-18)21(24-25)16-10-12-26(13-11-16)15-20(28)23-17-6-5-9-19(14-17)30-2/h5-6,9,14,16,18H,3-4,7-8,10-13,15H2,1-2H3,(H,23,28). The summed E-state index contributed by atoms with van der Waals surface area (Å²) in [4.78, 5) is 27.3. The van der Waals surface area contributed by atoms with Gasteiger partial charge in [-0.3, -0.25) is 14.3 Å². The van der Waals surface area contributed by atoms with E-state index in [2.05, 4.69) is 15.3 Å². The van der Waals surface area contributed by atoms with Crippen LogP contribution in [0.15, 0.2) is 29.1 Å². The van der Waals surface area contributed by atoms with Crippen LogP contribution >= 0.6 is 0 Å². The van der Waals surface area contributed by atoms with Crippen LogP contribution in [-0.4, -0.2) is 51.9 Å². The summed E-state index contributed by atoms with van der Waals surface area (Å²) >= 11 is 0. The van der Waals surface area contributed by atoms with Gasteiger partial charge in [-0.1, -0.05) is 18.9 Å². The number of methoxy groups -OCH3 is 1. The van der Waals surface area contributed by atoms with Gasteiger partial charge in [0.2, 0.25) is 5.91 Å². The maximum Gasteiger partial charge on any atom is 0.345 e. The first-order chi connectivity index (χ1) is 14.5. The highest BCUT2D eigenvalue weighted by molar-refractivity contribution is 5.92. The Morgan fingerprint density at radius 1 is 1.20 bits per heavy atom. The Labute approximate surface area is 176 Å². The van der Waals surface area contributed by atoms with Crippen molar-refractivity contribution in [1.82, 2.24) is 19.2 Å². The zero-order valence-electron chi connectivity index (χ0n) is 17.8. The van der Waals surface area contributed by atoms with Gasteiger partial charge in [0.25, 0.3) is 0 Å². The van der Waals surface area contributed by atoms with E-state index in [4.69, 9.17) is 4.74 Å². The van der Waals surface area contributed by atoms with Crippen molar-refractivity contribution in [2.45, 2.75) is 50.5 Å². The van der Waals surface area contributed by atoms with E-state index in [0.717, 1.165) is 56.0 Å². The molecule has 8 nitrogen and oxygen atoms in total. The number of aromatic nitrogens is 3. The van der Waals surface area contributed by atoms with Gasteiger partial charge >= 0.3 is 5.69 Å². The van der Waals surface area contributed by atoms with Gasteiger partial charge in [-0.25, -0.2) is 9.48 Å². The Morgan fingerprint density at radius 2 is 1.93 bits per heavy atom. The third kappa shape index (κ3) is 4.43. The van der Waals surface area contributed by atoms with E-state index >= 15 is 0 Å². The van der Waals surface area contributed by atoms with Crippen LogP contribution in [0, 0.1) is 0 Å². The molecule has 30 heavy (non-hydrogen) atoms. The first kappa shape index (κ1) is 20.7. The summed E-state index contributed by atoms with van der Waals surface area (Å²) < 4.78 is 8.65. The van der Waals surface area contributed by atoms with E-state index in [-0.39, 0.29) is 17.5 Å². The molecule has 0 atom stereocenters. The highest BCUT2D eigenvalue weighted by Crippen LogP contribution is 2.33. The first-order valence-corrected chi connectivity index (χ1v) is 10.9. The van der Waals surface area contributed by atoms with Crippen molar-refractivity contribution in [3.63, 3.8) is 0 Å². The number of hydrogen-bond acceptors (Lipinski definition) is 5. The van der Waals surface area contributed by atoms with Crippen LogP contribution < -0.4 is 15.7 Å². The molecule has 2 heterocycles. The molecule has 1 aromatic heterocycles. The highest BCUT2D eigenvalue weighted by Gasteiger charge is 2.30. The minimum atomic E-state index is -0.0256. The molecule has 162 valence electrons. The molecule has 8 heteroatoms. The van der Waals surface area contributed by atoms with E-state index in [9.17, 15) is 9.59 Å². The maximum atomic E-state index is 12.6. The summed E-state index contributed by atoms with van der Waals surface area (Å²) in [5, 5.41) is 7.54. The molecule has 0 spiro atoms. The summed E-state index contributed by atoms with van der Waals surface area (Å²) in [5.74, 6) is 1.91. The molecule has 1 aliphatic heterocycles. The first-order valence-electron chi connectivity index (χ1n) is 10.9. The molecular formula is C22H31N5O3. The number of piperidine rings is 1. The fourth-order valence-electron chi connectivity index (χ4n) is 4.74. The van der Waals surface area contributed by atoms with Gasteiger partial charge in [-0.2, -0.15) is 5.10 Å². The monoisotopic (exact) mass is 413 g/mol. The number of aryl methyl sites for hydroxylation is 1. The van der Waals surface area contributed by atoms with Crippen LogP contribution in [0.3, 0.4) is 0 Å². The summed E-state index contributed by atoms with van der Waals surface area (Å²) in [5.41, 5.74) is 0.750. The lowest BCUT2D eigenvalue weighted by Crippen LogP contribution is -2.39. The number of likely N-dealkylation sites (tertiary alicyclic amines) is 1. The smallest absolute Gasteiger partial charge is 0.345 e. The van der Waals surface area contributed by atoms with Crippen molar-refractivity contribution >= 4 is 11.6 Å². The zero-order chi connectivity index (χ0) is 21.1. The molecule has 0 unspecified atom stereocenters. The van der Waals surface area contributed by atoms with Gasteiger partial charge in [0.1, 0.15) is 11.6 Å². The fraction of sp³-hybridized carbons (Fsp3) is 0.591. The van der Waals surface area contributed by atoms with Gasteiger partial charge in [-0.05, 0) is 50.9 Å². The van der Waals surface area contributed by atoms with E-state index < -0.39 is 0 Å². The van der Waals surface area contributed by atoms with Crippen molar-refractivity contribution in [1.29, 1.82) is 0 Å². The number of nitrogens with one attached hydrogen (secondary N) is 1. The lowest BCUT2D eigenvalue weighted by Gasteiger charge is -2.31. The van der Waals surface area contributed by atoms with Gasteiger partial charge in [0.05, 0.1) is 13.7 Å². The number of anilines is 1. The number of hydrogen-bond donors (Lipinski definition) is 1. The molecule has 2 fully saturated rings. The molecule has 4 rings (SSSR count). The summed E-state index contributed by atoms with van der Waals surface area (Å²) in [6, 6.07) is 7.68. The summed E-state index contributed by atoms with van der Waals surface area (Å²) in [6.07, 6.45) is 6.34. The van der Waals surface area contributed by atoms with Crippen LogP contribution in [0.1, 0.15) is 56.3 Å². The topological polar surface area (TPSA) is 81.4 Å². The van der Waals surface area contributed by atoms with Crippen LogP contribution in [0.5, 0.6) is 5.75 Å². The Kier molecular flexibility index (Phi) is 6.22. The third-order valence-corrected chi connectivity index (χ3v) is 6.35. The molecule has 1 aromatic carbocycles. The van der Waals surface area contributed by atoms with Gasteiger partial charge < -0.3 is 10.1 Å². The molecule has 1 saturated heterocycles. The van der Waals surface area contributed by atoms with E-state index in [1.54, 1.807) is 14.2 Å². The average molecular weight is 414 g/mol. The predicted octanol–water partition coefficient (Wildman–Crippen LogP) is 2.52. The number of carbonyl (C=O) groups is 1. The predicted molar refractivity (Wildman–Crippen MR) is 115 cm³/mol. The Morgan fingerprint density at radius 3 is 2.63 bits per heavy atom. The largest absolute Gasteiger partial charge is 0.497 e. The molecule has 0 bridgehead atoms. The normalized spacial score (nSPS) is 18.6. The molecule has 2 aromatic rings. The number of nitrogens with zero attached hydrogens (tertiary/aromatic N) is 4. The highest BCUT2D eigenvalue weighted by atomic mass is 16.5. The SMILES string of the molecule is COc1cccc(NC(=O)CN2CCC(c3nn(C)c(=O)n3C3CCCC3)CC2)c1. The molecule has 1 amide bonds. The zero-order valence-corrected chi connectivity index (χ0v) is 17.8. The van der Waals surface area contributed by atoms with Crippen LogP contribution in [0.4, 0.5) is 5.69 Å². The minimum Gasteiger partial charge on any atom is -0.497 e. The Balaban J connectivity index is 1.35. The molecule has 2 aliphatic rings. The van der Waals surface area contributed by atoms with Crippen molar-refractivity contribution in [2.24, 2.45) is 7.05 Å². The summed E-state index contributed by atoms with van der Waals surface area (Å²) in [6.45, 7) is 2.01. The summed E-state index contributed by atoms with van der Waals surface area (Å²) in [7, 11) is 3.36. The lowest BCUT2D eigenvalue weighted by atomic mass is 9.95. The third-order valence-electron chi connectivity index (χ3n) is 6.35. The number of rotatable bonds is 6. The van der Waals surface area contributed by atoms with E-state index in [1.807, 2.05) is 28.8 Å². The van der Waals surface area contributed by atoms with Crippen molar-refractivity contribution in [3.8, 4) is 5.75 Å². The van der Waals surface area contributed by atoms with Gasteiger partial charge in [0.15, 0.2) is 0 Å². The van der Waals surface area contributed by atoms with E-state index in [0.29, 0.717) is 12.6 Å². The number of benzene rings is 1. The second kappa shape index (κ2) is 9.04. The number of carbonyl (C=O) groups excluding carboxylic acids is 1. The molecule has 1 N–H and O–H groups in total. The Bertz CT molecular complexity index is 936. The Hall–Kier alpha value is -2.61. The van der Waals surface area contributed by atoms with Crippen LogP contribution in [0.2, 0.25) is 0 Å². The maximum absolute atomic E-state index is 12.6. The molecule has 1 aliphatic carbocycles. The van der Waals surface area contributed by atoms with E-state index in [1.165, 1.54) is 17.5 Å². The van der Waals surface area contributed by atoms with Crippen molar-refractivity contribution in [2.75, 3.05) is 32.1 Å². The molecular weight excluding hydrogens is 382 g/mol. The number of ether oxygens (including phenoxy) is 1. The van der Waals surface area contributed by atoms with Crippen molar-refractivity contribution < 1.29 is 9.53 Å². The van der Waals surface area contributed by atoms with Crippen LogP contribution in [-0.2, 0) is 11.8 Å². The minimum absolute atomic E-state index is 0.0111. The van der Waals surface area contributed by atoms with Gasteiger partial charge in [0, 0.05) is 30.8 Å². The fourth-order valence-corrected chi connectivity index (χ4v) is 4.74. The number of amides is 1. The quantitative estimate of drug-likeness (QED) is 0.787. The average Bonchev–Trinajstić information content (AvgIpc) is 3.37. The van der Waals surface area contributed by atoms with Crippen molar-refractivity contribution in [3.05, 3.63) is 40.6 Å². The van der Waals surface area contributed by atoms with Gasteiger partial charge in [-0.15, -0.1) is 0 Å². The molecule has 0 radical (unpaired) electrons. The van der Waals surface area contributed by atoms with Crippen LogP contribution in [0.25, 0.3) is 0 Å². The second-order valence-electron chi connectivity index (χ2n) is 8.40. The molecule has 1 saturated carbocycles.